The fourth-order valence-electron chi connectivity index (χ4n) is 4.51. The summed E-state index contributed by atoms with van der Waals surface area (Å²) in [6.45, 7) is 0. The van der Waals surface area contributed by atoms with Crippen molar-refractivity contribution < 1.29 is 9.53 Å². The third-order valence-electron chi connectivity index (χ3n) is 5.69. The SMILES string of the molecule is COC(=O)C1C2CCC(CC2)C1Nc1nc(Cl)nc2c1ccn2C. The van der Waals surface area contributed by atoms with Gasteiger partial charge in [0.05, 0.1) is 18.4 Å². The van der Waals surface area contributed by atoms with E-state index >= 15 is 0 Å². The predicted molar refractivity (Wildman–Crippen MR) is 91.9 cm³/mol. The van der Waals surface area contributed by atoms with Crippen molar-refractivity contribution in [1.82, 2.24) is 14.5 Å². The Kier molecular flexibility index (Phi) is 3.87. The number of anilines is 1. The van der Waals surface area contributed by atoms with Crippen molar-refractivity contribution >= 4 is 34.4 Å². The Hall–Kier alpha value is -1.82. The molecule has 0 aromatic carbocycles. The number of nitrogens with zero attached hydrogens (tertiary/aromatic N) is 3. The minimum atomic E-state index is -0.119. The van der Waals surface area contributed by atoms with Crippen LogP contribution in [0.3, 0.4) is 0 Å². The number of carbonyl (C=O) groups is 1. The Labute approximate surface area is 145 Å². The zero-order chi connectivity index (χ0) is 16.8. The van der Waals surface area contributed by atoms with Gasteiger partial charge in [0.1, 0.15) is 11.5 Å². The first-order chi connectivity index (χ1) is 11.6. The van der Waals surface area contributed by atoms with Gasteiger partial charge < -0.3 is 14.6 Å². The second-order valence-corrected chi connectivity index (χ2v) is 7.24. The number of hydrogen-bond acceptors (Lipinski definition) is 5. The molecule has 3 saturated carbocycles. The molecule has 2 heterocycles. The highest BCUT2D eigenvalue weighted by Gasteiger charge is 2.48. The monoisotopic (exact) mass is 348 g/mol. The lowest BCUT2D eigenvalue weighted by atomic mass is 9.61. The van der Waals surface area contributed by atoms with Crippen LogP contribution >= 0.6 is 11.6 Å². The van der Waals surface area contributed by atoms with E-state index in [0.717, 1.165) is 36.7 Å². The summed E-state index contributed by atoms with van der Waals surface area (Å²) in [4.78, 5) is 21.0. The first-order valence-electron chi connectivity index (χ1n) is 8.41. The van der Waals surface area contributed by atoms with Crippen molar-refractivity contribution in [2.75, 3.05) is 12.4 Å². The molecular weight excluding hydrogens is 328 g/mol. The smallest absolute Gasteiger partial charge is 0.311 e. The maximum Gasteiger partial charge on any atom is 0.311 e. The van der Waals surface area contributed by atoms with E-state index in [4.69, 9.17) is 16.3 Å². The summed E-state index contributed by atoms with van der Waals surface area (Å²) in [6.07, 6.45) is 6.44. The molecule has 2 aromatic rings. The van der Waals surface area contributed by atoms with Crippen LogP contribution < -0.4 is 5.32 Å². The molecule has 5 rings (SSSR count). The van der Waals surface area contributed by atoms with E-state index in [-0.39, 0.29) is 23.2 Å². The average Bonchev–Trinajstić information content (AvgIpc) is 2.96. The number of rotatable bonds is 3. The number of aromatic nitrogens is 3. The van der Waals surface area contributed by atoms with Gasteiger partial charge in [-0.05, 0) is 55.2 Å². The van der Waals surface area contributed by atoms with Crippen molar-refractivity contribution in [3.05, 3.63) is 17.5 Å². The Bertz CT molecular complexity index is 782. The Morgan fingerprint density at radius 1 is 1.29 bits per heavy atom. The highest BCUT2D eigenvalue weighted by molar-refractivity contribution is 6.28. The van der Waals surface area contributed by atoms with Crippen molar-refractivity contribution in [2.24, 2.45) is 24.8 Å². The van der Waals surface area contributed by atoms with Crippen molar-refractivity contribution in [3.8, 4) is 0 Å². The molecule has 2 bridgehead atoms. The van der Waals surface area contributed by atoms with Crippen LogP contribution in [-0.2, 0) is 16.6 Å². The lowest BCUT2D eigenvalue weighted by Gasteiger charge is -2.47. The summed E-state index contributed by atoms with van der Waals surface area (Å²) < 4.78 is 7.00. The first-order valence-corrected chi connectivity index (χ1v) is 8.79. The average molecular weight is 349 g/mol. The van der Waals surface area contributed by atoms with Gasteiger partial charge in [-0.25, -0.2) is 4.98 Å². The number of halogens is 1. The van der Waals surface area contributed by atoms with Gasteiger partial charge in [0.25, 0.3) is 0 Å². The predicted octanol–water partition coefficient (Wildman–Crippen LogP) is 3.01. The Morgan fingerprint density at radius 2 is 2.00 bits per heavy atom. The summed E-state index contributed by atoms with van der Waals surface area (Å²) in [5.74, 6) is 1.33. The molecule has 7 heteroatoms. The minimum Gasteiger partial charge on any atom is -0.469 e. The minimum absolute atomic E-state index is 0.0410. The van der Waals surface area contributed by atoms with Crippen molar-refractivity contribution in [3.63, 3.8) is 0 Å². The van der Waals surface area contributed by atoms with Gasteiger partial charge in [-0.15, -0.1) is 0 Å². The van der Waals surface area contributed by atoms with Crippen molar-refractivity contribution in [1.29, 1.82) is 0 Å². The molecule has 0 amide bonds. The summed E-state index contributed by atoms with van der Waals surface area (Å²) in [5.41, 5.74) is 0.785. The number of aryl methyl sites for hydroxylation is 1. The Morgan fingerprint density at radius 3 is 2.71 bits per heavy atom. The van der Waals surface area contributed by atoms with Gasteiger partial charge in [0.15, 0.2) is 0 Å². The quantitative estimate of drug-likeness (QED) is 0.682. The van der Waals surface area contributed by atoms with Crippen LogP contribution in [0.1, 0.15) is 25.7 Å². The van der Waals surface area contributed by atoms with Gasteiger partial charge in [-0.3, -0.25) is 4.79 Å². The molecule has 2 aromatic heterocycles. The van der Waals surface area contributed by atoms with Crippen molar-refractivity contribution in [2.45, 2.75) is 31.7 Å². The third-order valence-corrected chi connectivity index (χ3v) is 5.86. The third kappa shape index (κ3) is 2.44. The molecule has 2 unspecified atom stereocenters. The lowest BCUT2D eigenvalue weighted by molar-refractivity contribution is -0.152. The molecule has 3 aliphatic rings. The summed E-state index contributed by atoms with van der Waals surface area (Å²) >= 11 is 6.11. The van der Waals surface area contributed by atoms with E-state index in [2.05, 4.69) is 15.3 Å². The number of fused-ring (bicyclic) bond motifs is 4. The van der Waals surface area contributed by atoms with Gasteiger partial charge in [-0.2, -0.15) is 4.98 Å². The number of methoxy groups -OCH3 is 1. The number of esters is 1. The topological polar surface area (TPSA) is 69.0 Å². The van der Waals surface area contributed by atoms with Crippen LogP contribution in [0.2, 0.25) is 5.28 Å². The van der Waals surface area contributed by atoms with E-state index in [1.807, 2.05) is 23.9 Å². The molecule has 0 radical (unpaired) electrons. The molecule has 6 nitrogen and oxygen atoms in total. The summed E-state index contributed by atoms with van der Waals surface area (Å²) in [5, 5.41) is 4.66. The first kappa shape index (κ1) is 15.7. The number of hydrogen-bond donors (Lipinski definition) is 1. The second kappa shape index (κ2) is 5.92. The van der Waals surface area contributed by atoms with E-state index in [0.29, 0.717) is 17.7 Å². The van der Waals surface area contributed by atoms with Crippen LogP contribution in [0, 0.1) is 17.8 Å². The molecule has 128 valence electrons. The molecule has 24 heavy (non-hydrogen) atoms. The number of carbonyl (C=O) groups excluding carboxylic acids is 1. The van der Waals surface area contributed by atoms with E-state index in [1.54, 1.807) is 0 Å². The molecule has 3 aliphatic carbocycles. The zero-order valence-electron chi connectivity index (χ0n) is 13.8. The maximum atomic E-state index is 12.4. The molecule has 1 N–H and O–H groups in total. The normalized spacial score (nSPS) is 29.0. The van der Waals surface area contributed by atoms with Gasteiger partial charge >= 0.3 is 5.97 Å². The van der Waals surface area contributed by atoms with E-state index in [1.165, 1.54) is 7.11 Å². The lowest BCUT2D eigenvalue weighted by Crippen LogP contribution is -2.51. The Balaban J connectivity index is 1.72. The second-order valence-electron chi connectivity index (χ2n) is 6.90. The number of ether oxygens (including phenoxy) is 1. The van der Waals surface area contributed by atoms with Gasteiger partial charge in [0.2, 0.25) is 5.28 Å². The van der Waals surface area contributed by atoms with Gasteiger partial charge in [0, 0.05) is 19.3 Å². The number of nitrogens with one attached hydrogen (secondary N) is 1. The molecule has 0 spiro atoms. The molecular formula is C17H21ClN4O2. The largest absolute Gasteiger partial charge is 0.469 e. The summed E-state index contributed by atoms with van der Waals surface area (Å²) in [7, 11) is 3.40. The molecule has 0 aliphatic heterocycles. The van der Waals surface area contributed by atoms with E-state index < -0.39 is 0 Å². The van der Waals surface area contributed by atoms with Crippen LogP contribution in [0.25, 0.3) is 11.0 Å². The van der Waals surface area contributed by atoms with Crippen LogP contribution in [0.4, 0.5) is 5.82 Å². The van der Waals surface area contributed by atoms with Gasteiger partial charge in [-0.1, -0.05) is 0 Å². The fourth-order valence-corrected chi connectivity index (χ4v) is 4.68. The summed E-state index contributed by atoms with van der Waals surface area (Å²) in [6, 6.07) is 2.02. The maximum absolute atomic E-state index is 12.4. The van der Waals surface area contributed by atoms with Crippen LogP contribution in [0.5, 0.6) is 0 Å². The van der Waals surface area contributed by atoms with E-state index in [9.17, 15) is 4.79 Å². The highest BCUT2D eigenvalue weighted by atomic mass is 35.5. The molecule has 3 fully saturated rings. The van der Waals surface area contributed by atoms with Crippen LogP contribution in [-0.4, -0.2) is 33.7 Å². The standard InChI is InChI=1S/C17H21ClN4O2/c1-22-8-7-11-14(20-17(18)21-15(11)22)19-13-10-5-3-9(4-6-10)12(13)16(23)24-2/h7-10,12-13H,3-6H2,1-2H3,(H,19,20,21). The highest BCUT2D eigenvalue weighted by Crippen LogP contribution is 2.47. The zero-order valence-corrected chi connectivity index (χ0v) is 14.6. The van der Waals surface area contributed by atoms with Crippen LogP contribution in [0.15, 0.2) is 12.3 Å². The molecule has 2 atom stereocenters. The molecule has 0 saturated heterocycles. The fraction of sp³-hybridized carbons (Fsp3) is 0.588.